The summed E-state index contributed by atoms with van der Waals surface area (Å²) in [5.41, 5.74) is 4.95. The molecule has 0 fully saturated rings. The van der Waals surface area contributed by atoms with Crippen molar-refractivity contribution in [2.24, 2.45) is 0 Å². The van der Waals surface area contributed by atoms with Crippen molar-refractivity contribution in [1.29, 1.82) is 5.26 Å². The molecule has 0 amide bonds. The average molecular weight is 293 g/mol. The minimum atomic E-state index is 0.0182. The van der Waals surface area contributed by atoms with Crippen molar-refractivity contribution < 1.29 is 5.11 Å². The molecule has 0 bridgehead atoms. The van der Waals surface area contributed by atoms with E-state index in [-0.39, 0.29) is 6.61 Å². The van der Waals surface area contributed by atoms with Crippen LogP contribution in [0, 0.1) is 11.3 Å². The van der Waals surface area contributed by atoms with Crippen molar-refractivity contribution in [1.82, 2.24) is 4.98 Å². The largest absolute Gasteiger partial charge is 0.395 e. The number of aromatic nitrogens is 1. The molecule has 1 heterocycles. The lowest BCUT2D eigenvalue weighted by Crippen LogP contribution is -2.15. The SMILES string of the molecule is N#Cc1c(NCCO)nc2c(c1-c1ccccc1)CCCC2. The van der Waals surface area contributed by atoms with Gasteiger partial charge in [0.25, 0.3) is 0 Å². The Bertz CT molecular complexity index is 705. The minimum Gasteiger partial charge on any atom is -0.395 e. The minimum absolute atomic E-state index is 0.0182. The highest BCUT2D eigenvalue weighted by atomic mass is 16.3. The quantitative estimate of drug-likeness (QED) is 0.909. The molecule has 4 heteroatoms. The summed E-state index contributed by atoms with van der Waals surface area (Å²) in [5, 5.41) is 21.8. The van der Waals surface area contributed by atoms with Gasteiger partial charge in [-0.2, -0.15) is 5.26 Å². The first-order valence-corrected chi connectivity index (χ1v) is 7.71. The van der Waals surface area contributed by atoms with E-state index in [1.54, 1.807) is 0 Å². The van der Waals surface area contributed by atoms with Crippen molar-refractivity contribution in [2.45, 2.75) is 25.7 Å². The van der Waals surface area contributed by atoms with Gasteiger partial charge in [-0.25, -0.2) is 4.98 Å². The van der Waals surface area contributed by atoms with Gasteiger partial charge in [0, 0.05) is 17.8 Å². The van der Waals surface area contributed by atoms with Gasteiger partial charge in [-0.1, -0.05) is 30.3 Å². The van der Waals surface area contributed by atoms with E-state index in [1.165, 1.54) is 5.56 Å². The summed E-state index contributed by atoms with van der Waals surface area (Å²) in [5.74, 6) is 0.594. The summed E-state index contributed by atoms with van der Waals surface area (Å²) >= 11 is 0. The van der Waals surface area contributed by atoms with E-state index >= 15 is 0 Å². The summed E-state index contributed by atoms with van der Waals surface area (Å²) in [6, 6.07) is 12.4. The van der Waals surface area contributed by atoms with Crippen LogP contribution in [0.2, 0.25) is 0 Å². The van der Waals surface area contributed by atoms with Crippen LogP contribution in [0.1, 0.15) is 29.7 Å². The van der Waals surface area contributed by atoms with Gasteiger partial charge in [0.1, 0.15) is 17.5 Å². The number of anilines is 1. The lowest BCUT2D eigenvalue weighted by atomic mass is 9.86. The molecule has 22 heavy (non-hydrogen) atoms. The van der Waals surface area contributed by atoms with Gasteiger partial charge in [0.15, 0.2) is 0 Å². The van der Waals surface area contributed by atoms with Crippen LogP contribution >= 0.6 is 0 Å². The Morgan fingerprint density at radius 1 is 1.18 bits per heavy atom. The van der Waals surface area contributed by atoms with E-state index in [0.29, 0.717) is 17.9 Å². The zero-order valence-electron chi connectivity index (χ0n) is 12.5. The Morgan fingerprint density at radius 3 is 2.68 bits per heavy atom. The molecule has 4 nitrogen and oxygen atoms in total. The van der Waals surface area contributed by atoms with E-state index in [2.05, 4.69) is 16.4 Å². The van der Waals surface area contributed by atoms with E-state index < -0.39 is 0 Å². The second-order valence-corrected chi connectivity index (χ2v) is 5.47. The lowest BCUT2D eigenvalue weighted by molar-refractivity contribution is 0.311. The number of pyridine rings is 1. The summed E-state index contributed by atoms with van der Waals surface area (Å²) in [6.45, 7) is 0.416. The summed E-state index contributed by atoms with van der Waals surface area (Å²) < 4.78 is 0. The Labute approximate surface area is 130 Å². The van der Waals surface area contributed by atoms with Crippen LogP contribution in [0.25, 0.3) is 11.1 Å². The van der Waals surface area contributed by atoms with Gasteiger partial charge >= 0.3 is 0 Å². The third-order valence-corrected chi connectivity index (χ3v) is 4.05. The fourth-order valence-corrected chi connectivity index (χ4v) is 3.08. The van der Waals surface area contributed by atoms with Gasteiger partial charge < -0.3 is 10.4 Å². The fourth-order valence-electron chi connectivity index (χ4n) is 3.08. The summed E-state index contributed by atoms with van der Waals surface area (Å²) in [4.78, 5) is 4.66. The van der Waals surface area contributed by atoms with Gasteiger partial charge in [-0.3, -0.25) is 0 Å². The normalized spacial score (nSPS) is 13.3. The van der Waals surface area contributed by atoms with Crippen molar-refractivity contribution in [3.8, 4) is 17.2 Å². The molecule has 0 saturated heterocycles. The van der Waals surface area contributed by atoms with Crippen LogP contribution in [0.5, 0.6) is 0 Å². The molecule has 2 aromatic rings. The Morgan fingerprint density at radius 2 is 1.95 bits per heavy atom. The third kappa shape index (κ3) is 2.68. The maximum Gasteiger partial charge on any atom is 0.144 e. The molecular weight excluding hydrogens is 274 g/mol. The van der Waals surface area contributed by atoms with E-state index in [4.69, 9.17) is 5.11 Å². The Hall–Kier alpha value is -2.38. The second-order valence-electron chi connectivity index (χ2n) is 5.47. The van der Waals surface area contributed by atoms with Crippen LogP contribution in [0.3, 0.4) is 0 Å². The maximum absolute atomic E-state index is 9.67. The average Bonchev–Trinajstić information content (AvgIpc) is 2.59. The number of hydrogen-bond donors (Lipinski definition) is 2. The lowest BCUT2D eigenvalue weighted by Gasteiger charge is -2.22. The molecule has 0 saturated carbocycles. The molecular formula is C18H19N3O. The van der Waals surface area contributed by atoms with E-state index in [9.17, 15) is 5.26 Å². The molecule has 0 radical (unpaired) electrons. The second kappa shape index (κ2) is 6.59. The van der Waals surface area contributed by atoms with Gasteiger partial charge in [0.2, 0.25) is 0 Å². The van der Waals surface area contributed by atoms with Gasteiger partial charge in [-0.05, 0) is 36.8 Å². The number of benzene rings is 1. The monoisotopic (exact) mass is 293 g/mol. The number of rotatable bonds is 4. The van der Waals surface area contributed by atoms with Crippen LogP contribution in [-0.2, 0) is 12.8 Å². The zero-order chi connectivity index (χ0) is 15.4. The standard InChI is InChI=1S/C18H19N3O/c19-12-15-17(13-6-2-1-3-7-13)14-8-4-5-9-16(14)21-18(15)20-10-11-22/h1-3,6-7,22H,4-5,8-11H2,(H,20,21). The Balaban J connectivity index is 2.22. The van der Waals surface area contributed by atoms with Gasteiger partial charge in [0.05, 0.1) is 6.61 Å². The molecule has 1 aromatic heterocycles. The fraction of sp³-hybridized carbons (Fsp3) is 0.333. The molecule has 0 atom stereocenters. The number of nitrogens with one attached hydrogen (secondary N) is 1. The number of aliphatic hydroxyl groups is 1. The predicted octanol–water partition coefficient (Wildman–Crippen LogP) is 2.90. The van der Waals surface area contributed by atoms with Crippen LogP contribution in [0.15, 0.2) is 30.3 Å². The van der Waals surface area contributed by atoms with Crippen molar-refractivity contribution in [3.63, 3.8) is 0 Å². The first-order chi connectivity index (χ1) is 10.8. The molecule has 0 aliphatic heterocycles. The number of aliphatic hydroxyl groups excluding tert-OH is 1. The number of aryl methyl sites for hydroxylation is 1. The molecule has 112 valence electrons. The highest BCUT2D eigenvalue weighted by Gasteiger charge is 2.22. The van der Waals surface area contributed by atoms with Crippen molar-refractivity contribution >= 4 is 5.82 Å². The van der Waals surface area contributed by atoms with Gasteiger partial charge in [-0.15, -0.1) is 0 Å². The molecule has 1 aliphatic carbocycles. The number of hydrogen-bond acceptors (Lipinski definition) is 4. The predicted molar refractivity (Wildman–Crippen MR) is 86.6 cm³/mol. The first-order valence-electron chi connectivity index (χ1n) is 7.71. The van der Waals surface area contributed by atoms with Crippen molar-refractivity contribution in [3.05, 3.63) is 47.2 Å². The topological polar surface area (TPSA) is 68.9 Å². The summed E-state index contributed by atoms with van der Waals surface area (Å²) in [6.07, 6.45) is 4.21. The maximum atomic E-state index is 9.67. The molecule has 1 aliphatic rings. The van der Waals surface area contributed by atoms with Crippen LogP contribution in [0.4, 0.5) is 5.82 Å². The third-order valence-electron chi connectivity index (χ3n) is 4.05. The smallest absolute Gasteiger partial charge is 0.144 e. The number of fused-ring (bicyclic) bond motifs is 1. The molecule has 3 rings (SSSR count). The van der Waals surface area contributed by atoms with E-state index in [0.717, 1.165) is 42.5 Å². The highest BCUT2D eigenvalue weighted by molar-refractivity contribution is 5.80. The Kier molecular flexibility index (Phi) is 4.36. The van der Waals surface area contributed by atoms with E-state index in [1.807, 2.05) is 30.3 Å². The first kappa shape index (κ1) is 14.6. The molecule has 0 unspecified atom stereocenters. The molecule has 1 aromatic carbocycles. The molecule has 2 N–H and O–H groups in total. The zero-order valence-corrected chi connectivity index (χ0v) is 12.5. The summed E-state index contributed by atoms with van der Waals surface area (Å²) in [7, 11) is 0. The highest BCUT2D eigenvalue weighted by Crippen LogP contribution is 2.36. The molecule has 0 spiro atoms. The number of nitrogens with zero attached hydrogens (tertiary/aromatic N) is 2. The van der Waals surface area contributed by atoms with Crippen LogP contribution in [-0.4, -0.2) is 23.2 Å². The van der Waals surface area contributed by atoms with Crippen LogP contribution < -0.4 is 5.32 Å². The van der Waals surface area contributed by atoms with Crippen molar-refractivity contribution in [2.75, 3.05) is 18.5 Å². The number of nitriles is 1.